The molecule has 0 saturated carbocycles. The van der Waals surface area contributed by atoms with Gasteiger partial charge >= 0.3 is 0 Å². The molecule has 1 amide bonds. The van der Waals surface area contributed by atoms with E-state index in [0.29, 0.717) is 28.3 Å². The molecule has 0 bridgehead atoms. The summed E-state index contributed by atoms with van der Waals surface area (Å²) in [6.45, 7) is 2.44. The number of hydrogen-bond acceptors (Lipinski definition) is 4. The minimum atomic E-state index is -0.393. The number of amides is 1. The second-order valence-electron chi connectivity index (χ2n) is 7.08. The van der Waals surface area contributed by atoms with E-state index in [1.165, 1.54) is 40.6 Å². The van der Waals surface area contributed by atoms with Crippen molar-refractivity contribution in [2.24, 2.45) is 0 Å². The number of nitrogens with one attached hydrogen (secondary N) is 1. The Bertz CT molecular complexity index is 1290. The van der Waals surface area contributed by atoms with Gasteiger partial charge in [0.2, 0.25) is 5.91 Å². The third-order valence-corrected chi connectivity index (χ3v) is 5.71. The number of fused-ring (bicyclic) bond motifs is 1. The fourth-order valence-corrected chi connectivity index (χ4v) is 3.96. The molecule has 4 aromatic rings. The van der Waals surface area contributed by atoms with Crippen molar-refractivity contribution in [1.82, 2.24) is 14.9 Å². The van der Waals surface area contributed by atoms with Crippen LogP contribution in [0, 0.1) is 12.7 Å². The van der Waals surface area contributed by atoms with E-state index in [2.05, 4.69) is 10.3 Å². The van der Waals surface area contributed by atoms with Crippen LogP contribution in [-0.2, 0) is 11.3 Å². The zero-order valence-electron chi connectivity index (χ0n) is 16.8. The maximum absolute atomic E-state index is 13.4. The normalized spacial score (nSPS) is 10.9. The van der Waals surface area contributed by atoms with Gasteiger partial charge in [-0.05, 0) is 48.9 Å². The van der Waals surface area contributed by atoms with Gasteiger partial charge < -0.3 is 5.32 Å². The van der Waals surface area contributed by atoms with Gasteiger partial charge in [-0.25, -0.2) is 9.37 Å². The predicted molar refractivity (Wildman–Crippen MR) is 121 cm³/mol. The molecular formula is C24H20FN3O2S. The van der Waals surface area contributed by atoms with Crippen LogP contribution in [-0.4, -0.2) is 21.2 Å². The first-order valence-corrected chi connectivity index (χ1v) is 10.7. The molecule has 1 aromatic heterocycles. The van der Waals surface area contributed by atoms with Crippen LogP contribution in [0.1, 0.15) is 11.1 Å². The summed E-state index contributed by atoms with van der Waals surface area (Å²) in [5.74, 6) is -0.466. The number of benzene rings is 3. The quantitative estimate of drug-likeness (QED) is 0.365. The summed E-state index contributed by atoms with van der Waals surface area (Å²) in [6.07, 6.45) is 0. The molecule has 0 aliphatic carbocycles. The topological polar surface area (TPSA) is 64.0 Å². The van der Waals surface area contributed by atoms with E-state index in [1.807, 2.05) is 31.2 Å². The van der Waals surface area contributed by atoms with Gasteiger partial charge in [-0.2, -0.15) is 0 Å². The highest BCUT2D eigenvalue weighted by Gasteiger charge is 2.15. The molecule has 0 saturated heterocycles. The van der Waals surface area contributed by atoms with Crippen LogP contribution in [0.4, 0.5) is 4.39 Å². The molecular weight excluding hydrogens is 413 g/mol. The molecule has 3 aromatic carbocycles. The summed E-state index contributed by atoms with van der Waals surface area (Å²) in [5, 5.41) is 3.72. The van der Waals surface area contributed by atoms with E-state index in [1.54, 1.807) is 24.3 Å². The average molecular weight is 434 g/mol. The third-order valence-electron chi connectivity index (χ3n) is 4.77. The number of rotatable bonds is 6. The van der Waals surface area contributed by atoms with E-state index in [0.717, 1.165) is 11.1 Å². The lowest BCUT2D eigenvalue weighted by atomic mass is 10.1. The molecule has 5 nitrogen and oxygen atoms in total. The number of thioether (sulfide) groups is 1. The molecule has 0 spiro atoms. The molecule has 0 unspecified atom stereocenters. The first-order valence-electron chi connectivity index (χ1n) is 9.74. The van der Waals surface area contributed by atoms with Crippen LogP contribution >= 0.6 is 11.8 Å². The van der Waals surface area contributed by atoms with Gasteiger partial charge in [0.15, 0.2) is 5.16 Å². The Kier molecular flexibility index (Phi) is 6.13. The van der Waals surface area contributed by atoms with Crippen molar-refractivity contribution < 1.29 is 9.18 Å². The zero-order chi connectivity index (χ0) is 21.8. The number of aryl methyl sites for hydroxylation is 1. The number of para-hydroxylation sites is 1. The number of aromatic nitrogens is 2. The SMILES string of the molecule is Cc1ccc(CNC(=O)CSc2nc3ccccc3c(=O)n2-c2ccc(F)cc2)cc1. The third kappa shape index (κ3) is 4.83. The Morgan fingerprint density at radius 2 is 1.74 bits per heavy atom. The first kappa shape index (κ1) is 20.8. The van der Waals surface area contributed by atoms with E-state index in [4.69, 9.17) is 0 Å². The second-order valence-corrected chi connectivity index (χ2v) is 8.02. The molecule has 4 rings (SSSR count). The maximum atomic E-state index is 13.4. The number of carbonyl (C=O) groups is 1. The lowest BCUT2D eigenvalue weighted by Gasteiger charge is -2.13. The van der Waals surface area contributed by atoms with Gasteiger partial charge in [-0.3, -0.25) is 14.2 Å². The lowest BCUT2D eigenvalue weighted by Crippen LogP contribution is -2.26. The number of hydrogen-bond donors (Lipinski definition) is 1. The van der Waals surface area contributed by atoms with Crippen molar-refractivity contribution >= 4 is 28.6 Å². The Labute approximate surface area is 182 Å². The molecule has 0 aliphatic heterocycles. The van der Waals surface area contributed by atoms with Gasteiger partial charge in [0.25, 0.3) is 5.56 Å². The maximum Gasteiger partial charge on any atom is 0.266 e. The van der Waals surface area contributed by atoms with Gasteiger partial charge in [0, 0.05) is 6.54 Å². The highest BCUT2D eigenvalue weighted by Crippen LogP contribution is 2.21. The first-order chi connectivity index (χ1) is 15.0. The van der Waals surface area contributed by atoms with Crippen LogP contribution in [0.3, 0.4) is 0 Å². The molecule has 0 fully saturated rings. The summed E-state index contributed by atoms with van der Waals surface area (Å²) in [4.78, 5) is 30.1. The Hall–Kier alpha value is -3.45. The Morgan fingerprint density at radius 1 is 1.03 bits per heavy atom. The molecule has 1 N–H and O–H groups in total. The molecule has 0 atom stereocenters. The standard InChI is InChI=1S/C24H20FN3O2S/c1-16-6-8-17(9-7-16)14-26-22(29)15-31-24-27-21-5-3-2-4-20(21)23(30)28(24)19-12-10-18(25)11-13-19/h2-13H,14-15H2,1H3,(H,26,29). The average Bonchev–Trinajstić information content (AvgIpc) is 2.78. The fourth-order valence-electron chi connectivity index (χ4n) is 3.11. The largest absolute Gasteiger partial charge is 0.351 e. The summed E-state index contributed by atoms with van der Waals surface area (Å²) in [6, 6.07) is 20.6. The van der Waals surface area contributed by atoms with Gasteiger partial charge in [0.1, 0.15) is 5.82 Å². The van der Waals surface area contributed by atoms with Crippen molar-refractivity contribution in [2.75, 3.05) is 5.75 Å². The molecule has 0 radical (unpaired) electrons. The van der Waals surface area contributed by atoms with Crippen LogP contribution < -0.4 is 10.9 Å². The van der Waals surface area contributed by atoms with Crippen molar-refractivity contribution in [3.05, 3.63) is 100 Å². The van der Waals surface area contributed by atoms with Gasteiger partial charge in [-0.1, -0.05) is 53.7 Å². The fraction of sp³-hybridized carbons (Fsp3) is 0.125. The van der Waals surface area contributed by atoms with Gasteiger partial charge in [0.05, 0.1) is 22.3 Å². The molecule has 1 heterocycles. The monoisotopic (exact) mass is 433 g/mol. The van der Waals surface area contributed by atoms with E-state index < -0.39 is 5.82 Å². The molecule has 0 aliphatic rings. The lowest BCUT2D eigenvalue weighted by molar-refractivity contribution is -0.118. The summed E-state index contributed by atoms with van der Waals surface area (Å²) < 4.78 is 14.8. The molecule has 31 heavy (non-hydrogen) atoms. The molecule has 156 valence electrons. The summed E-state index contributed by atoms with van der Waals surface area (Å²) >= 11 is 1.17. The van der Waals surface area contributed by atoms with Crippen LogP contribution in [0.2, 0.25) is 0 Å². The molecule has 7 heteroatoms. The summed E-state index contributed by atoms with van der Waals surface area (Å²) in [5.41, 5.74) is 2.95. The second kappa shape index (κ2) is 9.14. The Balaban J connectivity index is 1.58. The highest BCUT2D eigenvalue weighted by molar-refractivity contribution is 7.99. The van der Waals surface area contributed by atoms with Crippen molar-refractivity contribution in [1.29, 1.82) is 0 Å². The van der Waals surface area contributed by atoms with E-state index >= 15 is 0 Å². The van der Waals surface area contributed by atoms with Crippen LogP contribution in [0.5, 0.6) is 0 Å². The minimum absolute atomic E-state index is 0.0951. The van der Waals surface area contributed by atoms with Crippen LogP contribution in [0.15, 0.2) is 82.7 Å². The van der Waals surface area contributed by atoms with Crippen LogP contribution in [0.25, 0.3) is 16.6 Å². The summed E-state index contributed by atoms with van der Waals surface area (Å²) in [7, 11) is 0. The zero-order valence-corrected chi connectivity index (χ0v) is 17.7. The number of carbonyl (C=O) groups excluding carboxylic acids is 1. The van der Waals surface area contributed by atoms with Crippen molar-refractivity contribution in [2.45, 2.75) is 18.6 Å². The van der Waals surface area contributed by atoms with Gasteiger partial charge in [-0.15, -0.1) is 0 Å². The number of halogens is 1. The smallest absolute Gasteiger partial charge is 0.266 e. The predicted octanol–water partition coefficient (Wildman–Crippen LogP) is 4.24. The van der Waals surface area contributed by atoms with E-state index in [9.17, 15) is 14.0 Å². The highest BCUT2D eigenvalue weighted by atomic mass is 32.2. The van der Waals surface area contributed by atoms with Crippen molar-refractivity contribution in [3.63, 3.8) is 0 Å². The number of nitrogens with zero attached hydrogens (tertiary/aromatic N) is 2. The van der Waals surface area contributed by atoms with E-state index in [-0.39, 0.29) is 17.2 Å². The Morgan fingerprint density at radius 3 is 2.48 bits per heavy atom. The minimum Gasteiger partial charge on any atom is -0.351 e. The van der Waals surface area contributed by atoms with Crippen molar-refractivity contribution in [3.8, 4) is 5.69 Å².